The Kier molecular flexibility index (Phi) is 83.2. The minimum absolute atomic E-state index is 0.0789. The van der Waals surface area contributed by atoms with Gasteiger partial charge in [0.05, 0.1) is 32.5 Å². The SMILES string of the molecule is CCCCCCCCCCCCCC(=O)O[C@H](CCCCCCCCCCC)CC(=O)NCCO[C@H]1O[C@H](CO)[C@@H](OP(=O)(O)O)[C@H](OC(=O)C[C@@H](CCCCCCCCCCC)OC(=O)CCCCCCCCCCCCC)[C@@H]1NC(=O)C[C@@H](CCCCCCCCCCC)OC(=O)CCCCCCCCCCCCC.CCN(CC)CC. The summed E-state index contributed by atoms with van der Waals surface area (Å²) >= 11 is 0. The highest BCUT2D eigenvalue weighted by Crippen LogP contribution is 2.43. The third-order valence-corrected chi connectivity index (χ3v) is 24.2. The minimum atomic E-state index is -5.48. The first-order valence-corrected chi connectivity index (χ1v) is 52.1. The summed E-state index contributed by atoms with van der Waals surface area (Å²) in [6, 6.07) is -1.58. The number of aliphatic hydroxyl groups excluding tert-OH is 1. The van der Waals surface area contributed by atoms with Crippen LogP contribution in [0.4, 0.5) is 0 Å². The maximum atomic E-state index is 14.9. The molecule has 8 atom stereocenters. The molecule has 1 aliphatic rings. The normalized spacial score (nSPS) is 16.2. The molecule has 0 aliphatic carbocycles. The number of carbonyl (C=O) groups is 6. The van der Waals surface area contributed by atoms with Crippen LogP contribution in [0.3, 0.4) is 0 Å². The van der Waals surface area contributed by atoms with Crippen LogP contribution in [0.5, 0.6) is 0 Å². The lowest BCUT2D eigenvalue weighted by molar-refractivity contribution is -0.270. The van der Waals surface area contributed by atoms with Crippen molar-refractivity contribution in [3.63, 3.8) is 0 Å². The molecule has 0 bridgehead atoms. The van der Waals surface area contributed by atoms with Gasteiger partial charge in [-0.2, -0.15) is 0 Å². The van der Waals surface area contributed by atoms with E-state index in [0.29, 0.717) is 44.9 Å². The monoisotopic (exact) mass is 1710 g/mol. The van der Waals surface area contributed by atoms with Crippen molar-refractivity contribution >= 4 is 43.5 Å². The smallest absolute Gasteiger partial charge is 0.462 e. The lowest BCUT2D eigenvalue weighted by atomic mass is 9.96. The van der Waals surface area contributed by atoms with Crippen LogP contribution in [-0.4, -0.2) is 144 Å². The number of rotatable bonds is 87. The zero-order valence-corrected chi connectivity index (χ0v) is 79.5. The number of hydrogen-bond acceptors (Lipinski definition) is 16. The van der Waals surface area contributed by atoms with Crippen LogP contribution in [0, 0.1) is 0 Å². The molecule has 119 heavy (non-hydrogen) atoms. The van der Waals surface area contributed by atoms with Gasteiger partial charge in [-0.25, -0.2) is 4.57 Å². The highest BCUT2D eigenvalue weighted by molar-refractivity contribution is 7.46. The molecule has 1 rings (SSSR count). The summed E-state index contributed by atoms with van der Waals surface area (Å²) in [6.45, 7) is 22.2. The molecular formula is C98H190N3O17P. The van der Waals surface area contributed by atoms with Gasteiger partial charge in [-0.05, 0) is 77.4 Å². The van der Waals surface area contributed by atoms with Crippen LogP contribution in [-0.2, 0) is 66.3 Å². The predicted octanol–water partition coefficient (Wildman–Crippen LogP) is 25.8. The van der Waals surface area contributed by atoms with Crippen LogP contribution in [0.15, 0.2) is 0 Å². The van der Waals surface area contributed by atoms with Gasteiger partial charge in [0, 0.05) is 25.8 Å². The van der Waals surface area contributed by atoms with Gasteiger partial charge in [-0.1, -0.05) is 409 Å². The summed E-state index contributed by atoms with van der Waals surface area (Å²) in [5, 5.41) is 16.8. The number of amides is 2. The number of hydrogen-bond donors (Lipinski definition) is 5. The summed E-state index contributed by atoms with van der Waals surface area (Å²) < 4.78 is 55.7. The molecule has 0 aromatic carbocycles. The molecule has 5 N–H and O–H groups in total. The van der Waals surface area contributed by atoms with Gasteiger partial charge in [0.15, 0.2) is 12.4 Å². The lowest BCUT2D eigenvalue weighted by Crippen LogP contribution is -2.66. The van der Waals surface area contributed by atoms with E-state index in [1.165, 1.54) is 232 Å². The van der Waals surface area contributed by atoms with Gasteiger partial charge in [0.1, 0.15) is 36.6 Å². The Morgan fingerprint density at radius 2 is 0.622 bits per heavy atom. The van der Waals surface area contributed by atoms with Gasteiger partial charge in [0.2, 0.25) is 11.8 Å². The molecule has 1 saturated heterocycles. The second-order valence-electron chi connectivity index (χ2n) is 34.8. The van der Waals surface area contributed by atoms with Crippen molar-refractivity contribution in [2.75, 3.05) is 39.4 Å². The number of phosphoric ester groups is 1. The fourth-order valence-corrected chi connectivity index (χ4v) is 16.7. The quantitative estimate of drug-likeness (QED) is 0.0164. The fraction of sp³-hybridized carbons (Fsp3) is 0.939. The third kappa shape index (κ3) is 73.7. The maximum absolute atomic E-state index is 14.9. The van der Waals surface area contributed by atoms with Crippen LogP contribution < -0.4 is 10.6 Å². The molecular weight excluding hydrogens is 1520 g/mol. The Morgan fingerprint density at radius 3 is 0.891 bits per heavy atom. The first kappa shape index (κ1) is 116. The first-order chi connectivity index (χ1) is 57.9. The van der Waals surface area contributed by atoms with E-state index in [9.17, 15) is 48.2 Å². The van der Waals surface area contributed by atoms with Crippen molar-refractivity contribution in [2.45, 2.75) is 554 Å². The molecule has 0 radical (unpaired) electrons. The number of aliphatic hydroxyl groups is 1. The number of ether oxygens (including phenoxy) is 6. The van der Waals surface area contributed by atoms with Crippen molar-refractivity contribution < 1.29 is 81.2 Å². The van der Waals surface area contributed by atoms with E-state index >= 15 is 0 Å². The predicted molar refractivity (Wildman–Crippen MR) is 489 cm³/mol. The van der Waals surface area contributed by atoms with Crippen molar-refractivity contribution in [3.8, 4) is 0 Å². The summed E-state index contributed by atoms with van der Waals surface area (Å²) in [7, 11) is -5.48. The molecule has 704 valence electrons. The largest absolute Gasteiger partial charge is 0.470 e. The lowest BCUT2D eigenvalue weighted by Gasteiger charge is -2.45. The molecule has 20 nitrogen and oxygen atoms in total. The summed E-state index contributed by atoms with van der Waals surface area (Å²) in [5.74, 6) is -3.15. The van der Waals surface area contributed by atoms with E-state index < -0.39 is 93.6 Å². The number of carbonyl (C=O) groups excluding carboxylic acids is 6. The highest BCUT2D eigenvalue weighted by Gasteiger charge is 2.52. The van der Waals surface area contributed by atoms with E-state index in [2.05, 4.69) is 77.8 Å². The van der Waals surface area contributed by atoms with Crippen LogP contribution >= 0.6 is 7.82 Å². The molecule has 0 saturated carbocycles. The number of esters is 4. The van der Waals surface area contributed by atoms with Crippen molar-refractivity contribution in [3.05, 3.63) is 0 Å². The van der Waals surface area contributed by atoms with E-state index in [0.717, 1.165) is 148 Å². The topological polar surface area (TPSA) is 272 Å². The molecule has 2 amide bonds. The number of nitrogens with one attached hydrogen (secondary N) is 2. The summed E-state index contributed by atoms with van der Waals surface area (Å²) in [5.41, 5.74) is 0. The van der Waals surface area contributed by atoms with Crippen LogP contribution in [0.1, 0.15) is 505 Å². The third-order valence-electron chi connectivity index (χ3n) is 23.7. The minimum Gasteiger partial charge on any atom is -0.462 e. The number of phosphoric acid groups is 1. The average Bonchev–Trinajstić information content (AvgIpc) is 0.780. The Bertz CT molecular complexity index is 2340. The van der Waals surface area contributed by atoms with E-state index in [1.54, 1.807) is 0 Å². The van der Waals surface area contributed by atoms with Gasteiger partial charge in [-0.3, -0.25) is 33.3 Å². The summed E-state index contributed by atoms with van der Waals surface area (Å²) in [6.07, 6.45) is 58.1. The molecule has 1 heterocycles. The fourth-order valence-electron chi connectivity index (χ4n) is 16.1. The molecule has 0 spiro atoms. The molecule has 0 aromatic rings. The van der Waals surface area contributed by atoms with Crippen LogP contribution in [0.25, 0.3) is 0 Å². The van der Waals surface area contributed by atoms with Gasteiger partial charge in [-0.15, -0.1) is 0 Å². The molecule has 0 aromatic heterocycles. The van der Waals surface area contributed by atoms with Gasteiger partial charge < -0.3 is 58.8 Å². The average molecular weight is 1710 g/mol. The molecule has 1 aliphatic heterocycles. The summed E-state index contributed by atoms with van der Waals surface area (Å²) in [4.78, 5) is 108. The van der Waals surface area contributed by atoms with Crippen molar-refractivity contribution in [1.82, 2.24) is 15.5 Å². The van der Waals surface area contributed by atoms with Gasteiger partial charge >= 0.3 is 31.7 Å². The van der Waals surface area contributed by atoms with Gasteiger partial charge in [0.25, 0.3) is 0 Å². The second-order valence-corrected chi connectivity index (χ2v) is 36.0. The highest BCUT2D eigenvalue weighted by atomic mass is 31.2. The Hall–Kier alpha value is -3.23. The molecule has 21 heteroatoms. The maximum Gasteiger partial charge on any atom is 0.470 e. The Morgan fingerprint density at radius 1 is 0.353 bits per heavy atom. The molecule has 0 unspecified atom stereocenters. The van der Waals surface area contributed by atoms with Crippen LogP contribution in [0.2, 0.25) is 0 Å². The van der Waals surface area contributed by atoms with E-state index in [4.69, 9.17) is 32.9 Å². The zero-order valence-electron chi connectivity index (χ0n) is 78.6. The second kappa shape index (κ2) is 85.6. The number of nitrogens with zero attached hydrogens (tertiary/aromatic N) is 1. The number of unbranched alkanes of at least 4 members (excludes halogenated alkanes) is 54. The Labute approximate surface area is 730 Å². The van der Waals surface area contributed by atoms with E-state index in [-0.39, 0.29) is 57.1 Å². The van der Waals surface area contributed by atoms with Crippen molar-refractivity contribution in [2.24, 2.45) is 0 Å². The van der Waals surface area contributed by atoms with Crippen molar-refractivity contribution in [1.29, 1.82) is 0 Å². The first-order valence-electron chi connectivity index (χ1n) is 50.6. The van der Waals surface area contributed by atoms with E-state index in [1.807, 2.05) is 0 Å². The Balaban J connectivity index is 0.0000189. The standard InChI is InChI=1S/C92H175N2O17P.C6H15N/c1-7-13-19-25-31-37-40-46-52-58-64-70-85(98)106-79(67-61-55-49-43-34-28-22-16-10-4)75-83(96)93-73-74-105-92-89(94-84(97)76-80(68-62-56-50-44-35-29-23-17-11-5)107-86(99)71-65-59-53-47-41-38-32-26-20-14-8-2)91(90(82(78-95)109-92)111-112(102,103)104)110-88(101)77-81(69-63-57-51-45-36-30-24-18-12-6)108-87(100)72-66-60-54-48-42-39-33-27-21-15-9-3;1-4-7(5-2)6-3/h79-82,89-92,95H,7-78H2,1-6H3,(H,93,96)(H,94,97)(H2,102,103,104);4-6H2,1-3H3/t79-,80-,81-,82-,89+,90-,91-,92+;/m1./s1. The molecule has 1 fully saturated rings. The zero-order chi connectivity index (χ0) is 87.6.